The third kappa shape index (κ3) is 25.0. The van der Waals surface area contributed by atoms with E-state index in [-0.39, 0.29) is 47.8 Å². The van der Waals surface area contributed by atoms with Gasteiger partial charge in [-0.15, -0.1) is 13.2 Å². The molecule has 8 aliphatic rings. The number of aliphatic hydroxyl groups is 8. The van der Waals surface area contributed by atoms with Gasteiger partial charge in [-0.3, -0.25) is 42.9 Å². The number of anilines is 1. The van der Waals surface area contributed by atoms with Crippen molar-refractivity contribution in [3.05, 3.63) is 176 Å². The number of rotatable bonds is 27. The normalized spacial score (nSPS) is 27.9. The molecule has 7 aromatic rings. The Morgan fingerprint density at radius 3 is 1.95 bits per heavy atom. The highest BCUT2D eigenvalue weighted by Gasteiger charge is 2.54. The van der Waals surface area contributed by atoms with E-state index in [9.17, 15) is 107 Å². The van der Waals surface area contributed by atoms with Crippen LogP contribution in [-0.4, -0.2) is 276 Å². The lowest BCUT2D eigenvalue weighted by molar-refractivity contribution is -0.350. The summed E-state index contributed by atoms with van der Waals surface area (Å²) < 4.78 is 127. The largest absolute Gasteiger partial charge is 0.573 e. The van der Waals surface area contributed by atoms with Crippen LogP contribution in [0.3, 0.4) is 0 Å². The standard InChI is InChI=1S/C90H103Cl2F3N12O33S/c1-35(2)20-50(98-5)80(121)106-66-68(112)39-13-16-54(48(91)24-39)133-56-26-42-27-57(76(56)138-88-74(118)72(116)77(59(34-108)136-88)139-87-73(117)71(115)70(114)58(135-87)33-100-31-37-8-6-10-43(21-37)101-79(120)41-9-7-11-44(22-41)140-90(93,94)95)134-55-17-14-40(25-49(55)92)75(137-61-30-89(4,97)78(119)36(3)132-61)67-85(126)105-65(86(127)128)46-28-53(110)47(32-99-18-19-141(129,130)131)69(113)62(46)45-23-38(12-15-52(45)109)63(82(123)107-67)104-83(124)64(42)103-81(122)51(29-60(96)111)102-84(66)125/h6-17,21-28,35-36,50-51,58-59,61,63-68,70-75,77-78,87-88,98-100,108-110,112-119H,18-20,29-34,97H2,1-5H3,(H2,96,111)(H,101,120)(H,102,125)(H,103,122)(H,104,124)(H,105,126)(H,106,121)(H,107,123)(H,127,128)(H,129,130,131)/t36-,50+,51?,58+,59+,61-,63+,64+,65?,66?,67-,68+,70-,71-,72+,73+,74+,75+,77+,78-,87-,88-,89-/m0/s1. The van der Waals surface area contributed by atoms with Gasteiger partial charge in [0.25, 0.3) is 16.0 Å². The van der Waals surface area contributed by atoms with Crippen molar-refractivity contribution < 1.29 is 173 Å². The Morgan fingerprint density at radius 1 is 0.674 bits per heavy atom. The number of halogens is 5. The summed E-state index contributed by atoms with van der Waals surface area (Å²) in [7, 11) is -3.22. The quantitative estimate of drug-likeness (QED) is 0.0251. The van der Waals surface area contributed by atoms with E-state index in [1.54, 1.807) is 19.9 Å². The second-order valence-electron chi connectivity index (χ2n) is 34.9. The van der Waals surface area contributed by atoms with E-state index in [0.717, 1.165) is 84.9 Å². The Hall–Kier alpha value is -12.0. The van der Waals surface area contributed by atoms with Gasteiger partial charge in [-0.05, 0) is 146 Å². The number of aromatic hydroxyl groups is 3. The number of benzene rings is 7. The van der Waals surface area contributed by atoms with Crippen molar-refractivity contribution in [2.75, 3.05) is 37.8 Å². The first-order valence-corrected chi connectivity index (χ1v) is 46.1. The van der Waals surface area contributed by atoms with E-state index in [0.29, 0.717) is 5.56 Å². The van der Waals surface area contributed by atoms with Crippen molar-refractivity contribution in [2.45, 2.75) is 206 Å². The van der Waals surface area contributed by atoms with Crippen LogP contribution in [0, 0.1) is 5.92 Å². The molecule has 15 rings (SSSR count). The zero-order valence-electron chi connectivity index (χ0n) is 75.1. The average Bonchev–Trinajstić information content (AvgIpc) is 0.766. The highest BCUT2D eigenvalue weighted by atomic mass is 35.5. The van der Waals surface area contributed by atoms with Crippen molar-refractivity contribution >= 4 is 92.2 Å². The number of hydrogen-bond donors (Lipinski definition) is 25. The summed E-state index contributed by atoms with van der Waals surface area (Å²) in [4.78, 5) is 135. The first-order chi connectivity index (χ1) is 66.5. The molecular formula is C90H103Cl2F3N12O33S. The number of carboxylic acid groups (broad SMARTS) is 1. The number of carboxylic acids is 1. The lowest BCUT2D eigenvalue weighted by atomic mass is 9.86. The molecule has 51 heteroatoms. The van der Waals surface area contributed by atoms with Crippen LogP contribution in [0.15, 0.2) is 121 Å². The van der Waals surface area contributed by atoms with Gasteiger partial charge in [0.2, 0.25) is 53.4 Å². The van der Waals surface area contributed by atoms with Gasteiger partial charge >= 0.3 is 12.3 Å². The molecule has 0 aromatic heterocycles. The van der Waals surface area contributed by atoms with E-state index in [1.165, 1.54) is 51.2 Å². The molecule has 23 atom stereocenters. The molecule has 8 aliphatic heterocycles. The number of alkyl halides is 3. The van der Waals surface area contributed by atoms with E-state index < -0.39 is 343 Å². The fraction of sp³-hybridized carbons (Fsp3) is 0.433. The molecule has 3 saturated heterocycles. The Morgan fingerprint density at radius 2 is 1.31 bits per heavy atom. The number of phenols is 3. The molecule has 45 nitrogen and oxygen atoms in total. The molecule has 3 fully saturated rings. The number of phenolic OH excluding ortho intramolecular Hbond substituents is 3. The number of carbonyl (C=O) groups excluding carboxylic acids is 8. The maximum atomic E-state index is 16.6. The minimum Gasteiger partial charge on any atom is -0.507 e. The molecule has 27 N–H and O–H groups in total. The zero-order chi connectivity index (χ0) is 103. The fourth-order valence-electron chi connectivity index (χ4n) is 16.8. The molecule has 0 aliphatic carbocycles. The van der Waals surface area contributed by atoms with Crippen LogP contribution in [0.4, 0.5) is 18.9 Å². The highest BCUT2D eigenvalue weighted by Crippen LogP contribution is 2.51. The summed E-state index contributed by atoms with van der Waals surface area (Å²) in [6.07, 6.45) is -36.0. The van der Waals surface area contributed by atoms with Crippen molar-refractivity contribution in [3.8, 4) is 62.9 Å². The first-order valence-electron chi connectivity index (χ1n) is 43.7. The summed E-state index contributed by atoms with van der Waals surface area (Å²) in [6.45, 7) is 3.49. The second kappa shape index (κ2) is 44.2. The Balaban J connectivity index is 0.945. The van der Waals surface area contributed by atoms with Crippen LogP contribution >= 0.6 is 23.2 Å². The van der Waals surface area contributed by atoms with Gasteiger partial charge in [-0.25, -0.2) is 4.79 Å². The van der Waals surface area contributed by atoms with Crippen LogP contribution in [-0.2, 0) is 85.2 Å². The molecule has 0 radical (unpaired) electrons. The Bertz CT molecular complexity index is 6000. The summed E-state index contributed by atoms with van der Waals surface area (Å²) in [5.74, 6) is -20.6. The third-order valence-corrected chi connectivity index (χ3v) is 25.3. The number of carbonyl (C=O) groups is 9. The third-order valence-electron chi connectivity index (χ3n) is 24.0. The van der Waals surface area contributed by atoms with E-state index >= 15 is 24.0 Å². The lowest BCUT2D eigenvalue weighted by Crippen LogP contribution is -2.65. The maximum Gasteiger partial charge on any atom is 0.573 e. The van der Waals surface area contributed by atoms with Crippen molar-refractivity contribution in [3.63, 3.8) is 0 Å². The summed E-state index contributed by atoms with van der Waals surface area (Å²) in [5.41, 5.74) is 7.04. The maximum absolute atomic E-state index is 16.6. The summed E-state index contributed by atoms with van der Waals surface area (Å²) in [5, 5.41) is 167. The summed E-state index contributed by atoms with van der Waals surface area (Å²) >= 11 is 14.5. The number of ether oxygens (including phenoxy) is 9. The van der Waals surface area contributed by atoms with Gasteiger partial charge < -0.3 is 169 Å². The number of aliphatic hydroxyl groups excluding tert-OH is 8. The molecule has 8 heterocycles. The fourth-order valence-corrected chi connectivity index (χ4v) is 17.7. The molecule has 0 saturated carbocycles. The van der Waals surface area contributed by atoms with Gasteiger partial charge in [0.1, 0.15) is 126 Å². The molecule has 762 valence electrons. The number of nitrogens with one attached hydrogen (secondary N) is 10. The average molecular weight is 2040 g/mol. The molecule has 8 amide bonds. The number of primary amides is 1. The van der Waals surface area contributed by atoms with Crippen LogP contribution < -0.4 is 83.6 Å². The number of hydrogen-bond acceptors (Lipinski definition) is 35. The lowest BCUT2D eigenvalue weighted by Gasteiger charge is -2.46. The molecule has 3 unspecified atom stereocenters. The number of aliphatic carboxylic acids is 1. The van der Waals surface area contributed by atoms with Gasteiger partial charge in [0.05, 0.1) is 52.6 Å². The summed E-state index contributed by atoms with van der Waals surface area (Å²) in [6, 6.07) is 7.05. The van der Waals surface area contributed by atoms with Crippen molar-refractivity contribution in [1.82, 2.24) is 47.9 Å². The van der Waals surface area contributed by atoms with E-state index in [4.69, 9.17) is 72.6 Å². The van der Waals surface area contributed by atoms with E-state index in [2.05, 4.69) is 57.9 Å². The van der Waals surface area contributed by atoms with Crippen LogP contribution in [0.25, 0.3) is 11.1 Å². The predicted octanol–water partition coefficient (Wildman–Crippen LogP) is 0.856. The van der Waals surface area contributed by atoms with Crippen LogP contribution in [0.2, 0.25) is 10.0 Å². The Kier molecular flexibility index (Phi) is 33.3. The van der Waals surface area contributed by atoms with Gasteiger partial charge in [0, 0.05) is 66.1 Å². The monoisotopic (exact) mass is 2040 g/mol. The number of amides is 8. The SMILES string of the molecule is CN[C@H](CC(C)C)C(=O)NC1C(=O)NC(CC(N)=O)C(=O)N[C@H]2C(=O)N[C@H]3C(=O)N[C@H](C(=O)NC(C(=O)O)c4cc(O)c(CNCCS(=O)(=O)O)c(O)c4-c4cc3ccc4O)[C@H](O[C@H]3C[C@](C)(N)[C@@H](O)[C@H](C)O3)c3ccc(c(Cl)c3)Oc3cc2cc(c3O[C@@H]2O[C@H](CO)[C@@H](O[C@@H]3O[C@H](CNCc4cccc(NC(=O)c5cccc(OC(F)(F)F)c5)c4)[C@H](O)[C@H](O)[C@H]3O)[C@H](O)[C@H]2O)Oc2ccc(cc2Cl)[C@H]1O. The van der Waals surface area contributed by atoms with E-state index in [1.807, 2.05) is 0 Å². The minimum absolute atomic E-state index is 0.0718. The Labute approximate surface area is 809 Å². The molecule has 141 heavy (non-hydrogen) atoms. The number of fused-ring (bicyclic) bond motifs is 15. The van der Waals surface area contributed by atoms with Gasteiger partial charge in [-0.1, -0.05) is 73.4 Å². The highest BCUT2D eigenvalue weighted by molar-refractivity contribution is 7.85. The molecular weight excluding hydrogens is 1940 g/mol. The second-order valence-corrected chi connectivity index (χ2v) is 37.3. The minimum atomic E-state index is -5.05. The van der Waals surface area contributed by atoms with Crippen LogP contribution in [0.1, 0.15) is 127 Å². The number of nitrogens with two attached hydrogens (primary N) is 2. The molecule has 11 bridgehead atoms. The van der Waals surface area contributed by atoms with Gasteiger partial charge in [-0.2, -0.15) is 8.42 Å². The molecule has 7 aromatic carbocycles. The van der Waals surface area contributed by atoms with Crippen molar-refractivity contribution in [2.24, 2.45) is 17.4 Å². The zero-order valence-corrected chi connectivity index (χ0v) is 77.4. The topological polar surface area (TPSA) is 706 Å². The van der Waals surface area contributed by atoms with Crippen molar-refractivity contribution in [1.29, 1.82) is 0 Å². The molecule has 0 spiro atoms. The first kappa shape index (κ1) is 106. The predicted molar refractivity (Wildman–Crippen MR) is 482 cm³/mol. The van der Waals surface area contributed by atoms with Gasteiger partial charge in [0.15, 0.2) is 30.1 Å². The number of likely N-dealkylation sites (N-methyl/N-ethyl adjacent to an activating group) is 1. The van der Waals surface area contributed by atoms with Crippen LogP contribution in [0.5, 0.6) is 51.7 Å². The smallest absolute Gasteiger partial charge is 0.507 e.